The van der Waals surface area contributed by atoms with E-state index < -0.39 is 0 Å². The molecule has 1 aliphatic rings. The second-order valence-corrected chi connectivity index (χ2v) is 6.29. The maximum Gasteiger partial charge on any atom is 0.0110 e. The molecule has 1 heterocycles. The second kappa shape index (κ2) is 10.6. The van der Waals surface area contributed by atoms with Crippen molar-refractivity contribution in [1.29, 1.82) is 0 Å². The van der Waals surface area contributed by atoms with Crippen LogP contribution in [-0.4, -0.2) is 62.2 Å². The normalized spacial score (nSPS) is 18.3. The molecular weight excluding hydrogens is 234 g/mol. The fourth-order valence-corrected chi connectivity index (χ4v) is 2.66. The molecule has 3 nitrogen and oxygen atoms in total. The zero-order chi connectivity index (χ0) is 13.9. The SMILES string of the molecule is CCN1CCN(CCCCCCNCC(C)C)CC1. The highest BCUT2D eigenvalue weighted by Crippen LogP contribution is 2.05. The van der Waals surface area contributed by atoms with Gasteiger partial charge in [-0.2, -0.15) is 0 Å². The van der Waals surface area contributed by atoms with Crippen LogP contribution < -0.4 is 5.32 Å². The number of unbranched alkanes of at least 4 members (excludes halogenated alkanes) is 3. The Labute approximate surface area is 120 Å². The number of nitrogens with one attached hydrogen (secondary N) is 1. The number of hydrogen-bond acceptors (Lipinski definition) is 3. The van der Waals surface area contributed by atoms with Crippen LogP contribution in [0.1, 0.15) is 46.5 Å². The van der Waals surface area contributed by atoms with Gasteiger partial charge in [0.1, 0.15) is 0 Å². The van der Waals surface area contributed by atoms with Crippen LogP contribution in [0, 0.1) is 5.92 Å². The molecule has 19 heavy (non-hydrogen) atoms. The van der Waals surface area contributed by atoms with Gasteiger partial charge in [-0.15, -0.1) is 0 Å². The number of rotatable bonds is 10. The van der Waals surface area contributed by atoms with E-state index in [2.05, 4.69) is 35.9 Å². The Morgan fingerprint density at radius 2 is 1.53 bits per heavy atom. The minimum atomic E-state index is 0.779. The molecule has 1 fully saturated rings. The Hall–Kier alpha value is -0.120. The molecule has 0 aromatic heterocycles. The molecule has 0 aliphatic carbocycles. The zero-order valence-corrected chi connectivity index (χ0v) is 13.5. The molecule has 1 saturated heterocycles. The van der Waals surface area contributed by atoms with Crippen LogP contribution in [-0.2, 0) is 0 Å². The molecule has 0 aromatic rings. The predicted octanol–water partition coefficient (Wildman–Crippen LogP) is 2.43. The van der Waals surface area contributed by atoms with Gasteiger partial charge in [0.2, 0.25) is 0 Å². The van der Waals surface area contributed by atoms with Gasteiger partial charge in [0.05, 0.1) is 0 Å². The highest BCUT2D eigenvalue weighted by Gasteiger charge is 2.14. The first-order valence-electron chi connectivity index (χ1n) is 8.37. The van der Waals surface area contributed by atoms with E-state index in [0.29, 0.717) is 0 Å². The standard InChI is InChI=1S/C16H35N3/c1-4-18-11-13-19(14-12-18)10-8-6-5-7-9-17-15-16(2)3/h16-17H,4-15H2,1-3H3. The Balaban J connectivity index is 1.83. The fourth-order valence-electron chi connectivity index (χ4n) is 2.66. The maximum absolute atomic E-state index is 3.52. The van der Waals surface area contributed by atoms with Crippen LogP contribution in [0.4, 0.5) is 0 Å². The van der Waals surface area contributed by atoms with E-state index in [1.165, 1.54) is 78.0 Å². The molecule has 114 valence electrons. The van der Waals surface area contributed by atoms with E-state index in [4.69, 9.17) is 0 Å². The van der Waals surface area contributed by atoms with Crippen molar-refractivity contribution in [3.63, 3.8) is 0 Å². The Morgan fingerprint density at radius 1 is 0.895 bits per heavy atom. The predicted molar refractivity (Wildman–Crippen MR) is 84.7 cm³/mol. The van der Waals surface area contributed by atoms with Crippen LogP contribution in [0.3, 0.4) is 0 Å². The summed E-state index contributed by atoms with van der Waals surface area (Å²) in [5.74, 6) is 0.779. The van der Waals surface area contributed by atoms with Crippen molar-refractivity contribution in [2.75, 3.05) is 52.4 Å². The minimum Gasteiger partial charge on any atom is -0.316 e. The van der Waals surface area contributed by atoms with E-state index in [1.807, 2.05) is 0 Å². The molecule has 0 radical (unpaired) electrons. The van der Waals surface area contributed by atoms with Gasteiger partial charge in [0, 0.05) is 26.2 Å². The number of hydrogen-bond donors (Lipinski definition) is 1. The molecule has 1 N–H and O–H groups in total. The highest BCUT2D eigenvalue weighted by atomic mass is 15.3. The quantitative estimate of drug-likeness (QED) is 0.615. The monoisotopic (exact) mass is 269 g/mol. The molecule has 1 rings (SSSR count). The summed E-state index contributed by atoms with van der Waals surface area (Å²) in [6.07, 6.45) is 5.52. The van der Waals surface area contributed by atoms with Gasteiger partial charge in [-0.05, 0) is 44.9 Å². The summed E-state index contributed by atoms with van der Waals surface area (Å²) in [7, 11) is 0. The summed E-state index contributed by atoms with van der Waals surface area (Å²) in [6.45, 7) is 16.8. The second-order valence-electron chi connectivity index (χ2n) is 6.29. The lowest BCUT2D eigenvalue weighted by molar-refractivity contribution is 0.135. The number of likely N-dealkylation sites (N-methyl/N-ethyl adjacent to an activating group) is 1. The lowest BCUT2D eigenvalue weighted by Gasteiger charge is -2.33. The Bertz CT molecular complexity index is 198. The van der Waals surface area contributed by atoms with E-state index in [1.54, 1.807) is 0 Å². The summed E-state index contributed by atoms with van der Waals surface area (Å²) < 4.78 is 0. The maximum atomic E-state index is 3.52. The van der Waals surface area contributed by atoms with Gasteiger partial charge >= 0.3 is 0 Å². The van der Waals surface area contributed by atoms with Crippen molar-refractivity contribution in [3.05, 3.63) is 0 Å². The minimum absolute atomic E-state index is 0.779. The van der Waals surface area contributed by atoms with E-state index in [9.17, 15) is 0 Å². The molecule has 1 aliphatic heterocycles. The molecule has 0 bridgehead atoms. The summed E-state index contributed by atoms with van der Waals surface area (Å²) in [5.41, 5.74) is 0. The van der Waals surface area contributed by atoms with Gasteiger partial charge in [0.25, 0.3) is 0 Å². The molecule has 0 aromatic carbocycles. The third kappa shape index (κ3) is 8.61. The van der Waals surface area contributed by atoms with Crippen LogP contribution in [0.25, 0.3) is 0 Å². The highest BCUT2D eigenvalue weighted by molar-refractivity contribution is 4.70. The van der Waals surface area contributed by atoms with Gasteiger partial charge < -0.3 is 15.1 Å². The topological polar surface area (TPSA) is 18.5 Å². The number of piperazine rings is 1. The van der Waals surface area contributed by atoms with Crippen LogP contribution in [0.5, 0.6) is 0 Å². The smallest absolute Gasteiger partial charge is 0.0110 e. The molecule has 0 spiro atoms. The molecule has 0 atom stereocenters. The average molecular weight is 269 g/mol. The van der Waals surface area contributed by atoms with Crippen molar-refractivity contribution in [1.82, 2.24) is 15.1 Å². The third-order valence-electron chi connectivity index (χ3n) is 4.04. The van der Waals surface area contributed by atoms with Crippen molar-refractivity contribution >= 4 is 0 Å². The molecule has 0 amide bonds. The Morgan fingerprint density at radius 3 is 2.16 bits per heavy atom. The fraction of sp³-hybridized carbons (Fsp3) is 1.00. The largest absolute Gasteiger partial charge is 0.316 e. The lowest BCUT2D eigenvalue weighted by atomic mass is 10.1. The van der Waals surface area contributed by atoms with Crippen LogP contribution in [0.15, 0.2) is 0 Å². The first kappa shape index (κ1) is 16.9. The van der Waals surface area contributed by atoms with E-state index in [-0.39, 0.29) is 0 Å². The van der Waals surface area contributed by atoms with Crippen molar-refractivity contribution < 1.29 is 0 Å². The summed E-state index contributed by atoms with van der Waals surface area (Å²) in [5, 5.41) is 3.52. The van der Waals surface area contributed by atoms with Gasteiger partial charge in [0.15, 0.2) is 0 Å². The first-order chi connectivity index (χ1) is 9.22. The van der Waals surface area contributed by atoms with E-state index in [0.717, 1.165) is 5.92 Å². The van der Waals surface area contributed by atoms with Gasteiger partial charge in [-0.25, -0.2) is 0 Å². The lowest BCUT2D eigenvalue weighted by Crippen LogP contribution is -2.46. The van der Waals surface area contributed by atoms with Crippen LogP contribution in [0.2, 0.25) is 0 Å². The van der Waals surface area contributed by atoms with Gasteiger partial charge in [-0.3, -0.25) is 0 Å². The van der Waals surface area contributed by atoms with Crippen molar-refractivity contribution in [2.24, 2.45) is 5.92 Å². The molecule has 0 saturated carbocycles. The Kier molecular flexibility index (Phi) is 9.48. The van der Waals surface area contributed by atoms with Crippen LogP contribution >= 0.6 is 0 Å². The molecule has 3 heteroatoms. The average Bonchev–Trinajstić information content (AvgIpc) is 2.42. The summed E-state index contributed by atoms with van der Waals surface area (Å²) >= 11 is 0. The molecular formula is C16H35N3. The zero-order valence-electron chi connectivity index (χ0n) is 13.5. The third-order valence-corrected chi connectivity index (χ3v) is 4.04. The van der Waals surface area contributed by atoms with Crippen molar-refractivity contribution in [2.45, 2.75) is 46.5 Å². The summed E-state index contributed by atoms with van der Waals surface area (Å²) in [4.78, 5) is 5.19. The summed E-state index contributed by atoms with van der Waals surface area (Å²) in [6, 6.07) is 0. The first-order valence-corrected chi connectivity index (χ1v) is 8.37. The molecule has 0 unspecified atom stereocenters. The van der Waals surface area contributed by atoms with Crippen molar-refractivity contribution in [3.8, 4) is 0 Å². The van der Waals surface area contributed by atoms with E-state index >= 15 is 0 Å². The number of nitrogens with zero attached hydrogens (tertiary/aromatic N) is 2. The van der Waals surface area contributed by atoms with Gasteiger partial charge in [-0.1, -0.05) is 33.6 Å².